The first kappa shape index (κ1) is 20.9. The molecule has 0 bridgehead atoms. The number of nitrogens with zero attached hydrogens (tertiary/aromatic N) is 5. The van der Waals surface area contributed by atoms with Crippen LogP contribution >= 0.6 is 0 Å². The molecule has 2 N–H and O–H groups in total. The number of carbonyl (C=O) groups is 1. The summed E-state index contributed by atoms with van der Waals surface area (Å²) in [6, 6.07) is 12.4. The van der Waals surface area contributed by atoms with Crippen molar-refractivity contribution < 1.29 is 4.79 Å². The first-order chi connectivity index (χ1) is 17.5. The van der Waals surface area contributed by atoms with E-state index in [4.69, 9.17) is 0 Å². The third kappa shape index (κ3) is 2.94. The van der Waals surface area contributed by atoms with Crippen LogP contribution in [0.3, 0.4) is 0 Å². The zero-order valence-electron chi connectivity index (χ0n) is 20.3. The molecule has 178 valence electrons. The summed E-state index contributed by atoms with van der Waals surface area (Å²) in [6.45, 7) is 5.85. The largest absolute Gasteiger partial charge is 0.348 e. The first-order valence-electron chi connectivity index (χ1n) is 12.2. The van der Waals surface area contributed by atoms with E-state index in [-0.39, 0.29) is 5.91 Å². The summed E-state index contributed by atoms with van der Waals surface area (Å²) in [5, 5.41) is 16.4. The van der Waals surface area contributed by atoms with Crippen LogP contribution in [0.15, 0.2) is 55.0 Å². The molecule has 0 fully saturated rings. The van der Waals surface area contributed by atoms with E-state index >= 15 is 0 Å². The second-order valence-corrected chi connectivity index (χ2v) is 9.92. The number of aryl methyl sites for hydroxylation is 1. The highest BCUT2D eigenvalue weighted by Crippen LogP contribution is 2.44. The molecule has 0 aliphatic carbocycles. The molecule has 1 aliphatic heterocycles. The number of hydrogen-bond acceptors (Lipinski definition) is 5. The van der Waals surface area contributed by atoms with Crippen molar-refractivity contribution in [2.75, 3.05) is 5.32 Å². The molecule has 8 heteroatoms. The predicted octanol–water partition coefficient (Wildman–Crippen LogP) is 5.27. The summed E-state index contributed by atoms with van der Waals surface area (Å²) in [5.74, 6) is 0.976. The lowest BCUT2D eigenvalue weighted by molar-refractivity contribution is 0.0967. The number of fused-ring (bicyclic) bond motifs is 10. The van der Waals surface area contributed by atoms with E-state index in [9.17, 15) is 4.79 Å². The van der Waals surface area contributed by atoms with Crippen molar-refractivity contribution in [3.8, 4) is 0 Å². The molecule has 6 aromatic rings. The Morgan fingerprint density at radius 1 is 1.06 bits per heavy atom. The van der Waals surface area contributed by atoms with Crippen LogP contribution < -0.4 is 10.6 Å². The van der Waals surface area contributed by atoms with E-state index in [0.29, 0.717) is 18.4 Å². The van der Waals surface area contributed by atoms with Gasteiger partial charge in [-0.25, -0.2) is 9.97 Å². The second kappa shape index (κ2) is 7.52. The van der Waals surface area contributed by atoms with Crippen LogP contribution in [0, 0.1) is 5.92 Å². The lowest BCUT2D eigenvalue weighted by atomic mass is 9.93. The molecule has 0 saturated carbocycles. The van der Waals surface area contributed by atoms with Gasteiger partial charge in [-0.2, -0.15) is 5.10 Å². The van der Waals surface area contributed by atoms with Gasteiger partial charge in [0, 0.05) is 76.9 Å². The molecule has 7 rings (SSSR count). The Morgan fingerprint density at radius 2 is 1.89 bits per heavy atom. The molecule has 3 aromatic carbocycles. The topological polar surface area (TPSA) is 89.7 Å². The lowest BCUT2D eigenvalue weighted by Crippen LogP contribution is -2.12. The third-order valence-corrected chi connectivity index (χ3v) is 7.00. The zero-order valence-corrected chi connectivity index (χ0v) is 20.3. The van der Waals surface area contributed by atoms with Gasteiger partial charge in [0.25, 0.3) is 5.91 Å². The van der Waals surface area contributed by atoms with Crippen molar-refractivity contribution >= 4 is 61.0 Å². The fourth-order valence-corrected chi connectivity index (χ4v) is 5.70. The summed E-state index contributed by atoms with van der Waals surface area (Å²) in [4.78, 5) is 21.8. The Hall–Kier alpha value is -4.46. The average Bonchev–Trinajstić information content (AvgIpc) is 3.52. The van der Waals surface area contributed by atoms with Crippen molar-refractivity contribution in [2.45, 2.75) is 26.9 Å². The zero-order chi connectivity index (χ0) is 24.6. The normalized spacial score (nSPS) is 13.4. The second-order valence-electron chi connectivity index (χ2n) is 9.92. The monoisotopic (exact) mass is 475 g/mol. The molecule has 0 radical (unpaired) electrons. The standard InChI is InChI=1S/C28H25N7O/c1-15(2)13-35-22-8-5-16(32-28-29-9-4-10-30-28)11-18(22)24-19-12-31-27(36)25(19)23-17(26(24)35)6-7-21-20(23)14-34(3)33-21/h4-11,14-15H,12-13H2,1-3H3,(H,31,36)(H,29,30,32). The number of aromatic nitrogens is 5. The van der Waals surface area contributed by atoms with Gasteiger partial charge in [0.1, 0.15) is 0 Å². The predicted molar refractivity (Wildman–Crippen MR) is 143 cm³/mol. The molecule has 0 unspecified atom stereocenters. The van der Waals surface area contributed by atoms with Gasteiger partial charge in [0.15, 0.2) is 0 Å². The van der Waals surface area contributed by atoms with Gasteiger partial charge >= 0.3 is 0 Å². The molecule has 4 heterocycles. The number of rotatable bonds is 4. The van der Waals surface area contributed by atoms with Crippen LogP contribution in [0.4, 0.5) is 11.6 Å². The molecule has 8 nitrogen and oxygen atoms in total. The highest BCUT2D eigenvalue weighted by Gasteiger charge is 2.30. The average molecular weight is 476 g/mol. The SMILES string of the molecule is CC(C)Cn1c2ccc(Nc3ncccn3)cc2c2c3c(c4c5cn(C)nc5ccc4c21)C(=O)NC3. The van der Waals surface area contributed by atoms with Gasteiger partial charge in [-0.1, -0.05) is 13.8 Å². The quantitative estimate of drug-likeness (QED) is 0.363. The number of amides is 1. The minimum absolute atomic E-state index is 0.0232. The molecule has 0 saturated heterocycles. The van der Waals surface area contributed by atoms with Gasteiger partial charge < -0.3 is 15.2 Å². The Kier molecular flexibility index (Phi) is 4.36. The minimum atomic E-state index is -0.0232. The third-order valence-electron chi connectivity index (χ3n) is 7.00. The maximum Gasteiger partial charge on any atom is 0.252 e. The van der Waals surface area contributed by atoms with Crippen LogP contribution in [-0.4, -0.2) is 30.2 Å². The molecule has 0 spiro atoms. The number of anilines is 2. The van der Waals surface area contributed by atoms with Crippen LogP contribution in [0.25, 0.3) is 43.5 Å². The maximum absolute atomic E-state index is 13.2. The van der Waals surface area contributed by atoms with Crippen molar-refractivity contribution in [3.63, 3.8) is 0 Å². The summed E-state index contributed by atoms with van der Waals surface area (Å²) >= 11 is 0. The summed E-state index contributed by atoms with van der Waals surface area (Å²) < 4.78 is 4.24. The summed E-state index contributed by atoms with van der Waals surface area (Å²) in [5.41, 5.74) is 5.95. The molecular weight excluding hydrogens is 450 g/mol. The Balaban J connectivity index is 1.63. The van der Waals surface area contributed by atoms with Gasteiger partial charge in [0.05, 0.1) is 16.6 Å². The summed E-state index contributed by atoms with van der Waals surface area (Å²) in [7, 11) is 1.92. The number of carbonyl (C=O) groups excluding carboxylic acids is 1. The van der Waals surface area contributed by atoms with Crippen molar-refractivity contribution in [1.82, 2.24) is 29.6 Å². The van der Waals surface area contributed by atoms with Crippen molar-refractivity contribution in [3.05, 3.63) is 66.1 Å². The Morgan fingerprint density at radius 3 is 2.69 bits per heavy atom. The first-order valence-corrected chi connectivity index (χ1v) is 12.2. The molecular formula is C28H25N7O. The highest BCUT2D eigenvalue weighted by molar-refractivity contribution is 6.30. The van der Waals surface area contributed by atoms with Gasteiger partial charge in [-0.15, -0.1) is 0 Å². The number of benzene rings is 3. The molecule has 1 amide bonds. The lowest BCUT2D eigenvalue weighted by Gasteiger charge is -2.14. The Bertz CT molecular complexity index is 1850. The molecule has 0 atom stereocenters. The highest BCUT2D eigenvalue weighted by atomic mass is 16.1. The van der Waals surface area contributed by atoms with Gasteiger partial charge in [-0.3, -0.25) is 9.48 Å². The molecule has 1 aliphatic rings. The van der Waals surface area contributed by atoms with E-state index in [1.165, 1.54) is 5.52 Å². The van der Waals surface area contributed by atoms with Crippen LogP contribution in [0.2, 0.25) is 0 Å². The van der Waals surface area contributed by atoms with Crippen LogP contribution in [-0.2, 0) is 20.1 Å². The van der Waals surface area contributed by atoms with Crippen LogP contribution in [0.1, 0.15) is 29.8 Å². The van der Waals surface area contributed by atoms with E-state index in [0.717, 1.165) is 61.3 Å². The van der Waals surface area contributed by atoms with E-state index in [1.54, 1.807) is 18.5 Å². The van der Waals surface area contributed by atoms with Crippen molar-refractivity contribution in [1.29, 1.82) is 0 Å². The fraction of sp³-hybridized carbons (Fsp3) is 0.214. The fourth-order valence-electron chi connectivity index (χ4n) is 5.70. The minimum Gasteiger partial charge on any atom is -0.348 e. The van der Waals surface area contributed by atoms with E-state index in [2.05, 4.69) is 74.4 Å². The Labute approximate surface area is 206 Å². The number of hydrogen-bond donors (Lipinski definition) is 2. The van der Waals surface area contributed by atoms with Gasteiger partial charge in [-0.05, 0) is 47.9 Å². The molecule has 36 heavy (non-hydrogen) atoms. The van der Waals surface area contributed by atoms with Crippen molar-refractivity contribution in [2.24, 2.45) is 13.0 Å². The maximum atomic E-state index is 13.2. The van der Waals surface area contributed by atoms with Gasteiger partial charge in [0.2, 0.25) is 5.95 Å². The van der Waals surface area contributed by atoms with E-state index < -0.39 is 0 Å². The van der Waals surface area contributed by atoms with E-state index in [1.807, 2.05) is 17.9 Å². The summed E-state index contributed by atoms with van der Waals surface area (Å²) in [6.07, 6.45) is 5.46. The van der Waals surface area contributed by atoms with Crippen LogP contribution in [0.5, 0.6) is 0 Å². The molecule has 3 aromatic heterocycles. The smallest absolute Gasteiger partial charge is 0.252 e. The number of nitrogens with one attached hydrogen (secondary N) is 2.